The van der Waals surface area contributed by atoms with Crippen molar-refractivity contribution >= 4 is 17.5 Å². The average molecular weight is 357 g/mol. The number of hydrogen-bond donors (Lipinski definition) is 1. The van der Waals surface area contributed by atoms with Crippen LogP contribution >= 0.6 is 11.6 Å². The Labute approximate surface area is 148 Å². The van der Waals surface area contributed by atoms with E-state index < -0.39 is 0 Å². The van der Waals surface area contributed by atoms with Gasteiger partial charge in [0.15, 0.2) is 11.5 Å². The van der Waals surface area contributed by atoms with Gasteiger partial charge in [-0.25, -0.2) is 0 Å². The lowest BCUT2D eigenvalue weighted by atomic mass is 10.1. The molecule has 1 unspecified atom stereocenters. The molecule has 0 aliphatic carbocycles. The Balaban J connectivity index is 2.00. The van der Waals surface area contributed by atoms with Gasteiger partial charge in [0, 0.05) is 31.2 Å². The molecule has 6 nitrogen and oxygen atoms in total. The van der Waals surface area contributed by atoms with E-state index in [4.69, 9.17) is 25.8 Å². The average Bonchev–Trinajstić information content (AvgIpc) is 2.61. The number of hydrogen-bond acceptors (Lipinski definition) is 5. The molecule has 1 N–H and O–H groups in total. The number of rotatable bonds is 7. The summed E-state index contributed by atoms with van der Waals surface area (Å²) in [5.41, 5.74) is 0.453. The fourth-order valence-electron chi connectivity index (χ4n) is 2.63. The summed E-state index contributed by atoms with van der Waals surface area (Å²) in [6.45, 7) is 8.25. The highest BCUT2D eigenvalue weighted by Gasteiger charge is 2.19. The summed E-state index contributed by atoms with van der Waals surface area (Å²) in [6, 6.07) is 3.49. The second-order valence-corrected chi connectivity index (χ2v) is 6.04. The van der Waals surface area contributed by atoms with Gasteiger partial charge < -0.3 is 19.5 Å². The Morgan fingerprint density at radius 3 is 2.75 bits per heavy atom. The van der Waals surface area contributed by atoms with E-state index in [1.807, 2.05) is 6.92 Å². The van der Waals surface area contributed by atoms with Gasteiger partial charge in [-0.15, -0.1) is 0 Å². The number of nitrogens with one attached hydrogen (secondary N) is 1. The molecule has 1 aliphatic heterocycles. The molecule has 7 heteroatoms. The molecule has 0 spiro atoms. The van der Waals surface area contributed by atoms with Crippen LogP contribution in [0.4, 0.5) is 0 Å². The quantitative estimate of drug-likeness (QED) is 0.811. The summed E-state index contributed by atoms with van der Waals surface area (Å²) in [4.78, 5) is 14.7. The van der Waals surface area contributed by atoms with Gasteiger partial charge in [-0.1, -0.05) is 11.6 Å². The molecule has 1 amide bonds. The fourth-order valence-corrected chi connectivity index (χ4v) is 2.89. The number of morpholine rings is 1. The first-order valence-electron chi connectivity index (χ1n) is 8.17. The Kier molecular flexibility index (Phi) is 7.15. The summed E-state index contributed by atoms with van der Waals surface area (Å²) in [7, 11) is 1.52. The Morgan fingerprint density at radius 2 is 2.12 bits per heavy atom. The van der Waals surface area contributed by atoms with Gasteiger partial charge in [0.2, 0.25) is 0 Å². The first-order chi connectivity index (χ1) is 11.6. The van der Waals surface area contributed by atoms with Crippen molar-refractivity contribution in [2.75, 3.05) is 46.6 Å². The van der Waals surface area contributed by atoms with E-state index in [1.54, 1.807) is 12.1 Å². The van der Waals surface area contributed by atoms with Gasteiger partial charge in [-0.2, -0.15) is 0 Å². The molecule has 0 bridgehead atoms. The number of halogens is 1. The summed E-state index contributed by atoms with van der Waals surface area (Å²) in [6.07, 6.45) is 0. The highest BCUT2D eigenvalue weighted by Crippen LogP contribution is 2.36. The topological polar surface area (TPSA) is 60.0 Å². The fraction of sp³-hybridized carbons (Fsp3) is 0.588. The van der Waals surface area contributed by atoms with E-state index in [2.05, 4.69) is 17.1 Å². The van der Waals surface area contributed by atoms with Gasteiger partial charge in [0.25, 0.3) is 5.91 Å². The van der Waals surface area contributed by atoms with Crippen molar-refractivity contribution in [2.24, 2.45) is 0 Å². The number of ether oxygens (including phenoxy) is 3. The lowest BCUT2D eigenvalue weighted by Crippen LogP contribution is -2.47. The molecule has 1 aromatic rings. The van der Waals surface area contributed by atoms with Gasteiger partial charge in [0.1, 0.15) is 0 Å². The minimum atomic E-state index is -0.182. The normalized spacial score (nSPS) is 16.5. The van der Waals surface area contributed by atoms with Crippen LogP contribution in [0.1, 0.15) is 24.2 Å². The Morgan fingerprint density at radius 1 is 1.42 bits per heavy atom. The second kappa shape index (κ2) is 9.11. The minimum absolute atomic E-state index is 0.182. The van der Waals surface area contributed by atoms with Gasteiger partial charge in [-0.3, -0.25) is 9.69 Å². The predicted octanol–water partition coefficient (Wildman–Crippen LogP) is 2.20. The zero-order valence-electron chi connectivity index (χ0n) is 14.4. The van der Waals surface area contributed by atoms with Crippen LogP contribution in [0.15, 0.2) is 12.1 Å². The smallest absolute Gasteiger partial charge is 0.251 e. The van der Waals surface area contributed by atoms with E-state index in [0.717, 1.165) is 26.3 Å². The van der Waals surface area contributed by atoms with Crippen molar-refractivity contribution in [3.05, 3.63) is 22.7 Å². The first kappa shape index (κ1) is 18.8. The van der Waals surface area contributed by atoms with E-state index in [9.17, 15) is 4.79 Å². The SMILES string of the molecule is CCOc1c(Cl)cc(C(=O)NCC(C)N2CCOCC2)cc1OC. The number of amides is 1. The number of nitrogens with zero attached hydrogens (tertiary/aromatic N) is 1. The number of carbonyl (C=O) groups is 1. The largest absolute Gasteiger partial charge is 0.493 e. The lowest BCUT2D eigenvalue weighted by Gasteiger charge is -2.32. The molecule has 24 heavy (non-hydrogen) atoms. The summed E-state index contributed by atoms with van der Waals surface area (Å²) in [5, 5.41) is 3.31. The van der Waals surface area contributed by atoms with E-state index in [-0.39, 0.29) is 11.9 Å². The molecule has 1 saturated heterocycles. The lowest BCUT2D eigenvalue weighted by molar-refractivity contribution is 0.0204. The maximum atomic E-state index is 12.4. The van der Waals surface area contributed by atoms with Crippen molar-refractivity contribution in [1.29, 1.82) is 0 Å². The molecule has 1 aromatic carbocycles. The van der Waals surface area contributed by atoms with E-state index in [1.165, 1.54) is 7.11 Å². The number of methoxy groups -OCH3 is 1. The summed E-state index contributed by atoms with van der Waals surface area (Å²) < 4.78 is 16.1. The third-order valence-corrected chi connectivity index (χ3v) is 4.29. The minimum Gasteiger partial charge on any atom is -0.493 e. The van der Waals surface area contributed by atoms with E-state index in [0.29, 0.717) is 35.2 Å². The molecule has 1 fully saturated rings. The standard InChI is InChI=1S/C17H25ClN2O4/c1-4-24-16-14(18)9-13(10-15(16)22-3)17(21)19-11-12(2)20-5-7-23-8-6-20/h9-10,12H,4-8,11H2,1-3H3,(H,19,21). The van der Waals surface area contributed by atoms with Crippen molar-refractivity contribution in [2.45, 2.75) is 19.9 Å². The van der Waals surface area contributed by atoms with Crippen molar-refractivity contribution < 1.29 is 19.0 Å². The van der Waals surface area contributed by atoms with Crippen LogP contribution in [0, 0.1) is 0 Å². The number of benzene rings is 1. The molecule has 1 aliphatic rings. The van der Waals surface area contributed by atoms with Gasteiger partial charge in [0.05, 0.1) is 32.0 Å². The molecular formula is C17H25ClN2O4. The second-order valence-electron chi connectivity index (χ2n) is 5.63. The molecule has 134 valence electrons. The van der Waals surface area contributed by atoms with Gasteiger partial charge in [-0.05, 0) is 26.0 Å². The van der Waals surface area contributed by atoms with Crippen LogP contribution in [-0.2, 0) is 4.74 Å². The summed E-state index contributed by atoms with van der Waals surface area (Å²) >= 11 is 6.21. The molecule has 0 saturated carbocycles. The third kappa shape index (κ3) is 4.75. The number of carbonyl (C=O) groups excluding carboxylic acids is 1. The predicted molar refractivity (Wildman–Crippen MR) is 93.4 cm³/mol. The van der Waals surface area contributed by atoms with Crippen LogP contribution in [0.5, 0.6) is 11.5 Å². The molecular weight excluding hydrogens is 332 g/mol. The van der Waals surface area contributed by atoms with Crippen LogP contribution in [0.3, 0.4) is 0 Å². The van der Waals surface area contributed by atoms with Crippen LogP contribution in [-0.4, -0.2) is 63.4 Å². The maximum absolute atomic E-state index is 12.4. The zero-order valence-corrected chi connectivity index (χ0v) is 15.2. The van der Waals surface area contributed by atoms with Crippen LogP contribution in [0.25, 0.3) is 0 Å². The highest BCUT2D eigenvalue weighted by atomic mass is 35.5. The molecule has 2 rings (SSSR count). The molecule has 0 radical (unpaired) electrons. The van der Waals surface area contributed by atoms with E-state index >= 15 is 0 Å². The molecule has 1 atom stereocenters. The third-order valence-electron chi connectivity index (χ3n) is 4.01. The highest BCUT2D eigenvalue weighted by molar-refractivity contribution is 6.32. The first-order valence-corrected chi connectivity index (χ1v) is 8.55. The summed E-state index contributed by atoms with van der Waals surface area (Å²) in [5.74, 6) is 0.731. The van der Waals surface area contributed by atoms with Crippen molar-refractivity contribution in [3.63, 3.8) is 0 Å². The van der Waals surface area contributed by atoms with Crippen molar-refractivity contribution in [3.8, 4) is 11.5 Å². The van der Waals surface area contributed by atoms with Crippen LogP contribution < -0.4 is 14.8 Å². The Bertz CT molecular complexity index is 562. The maximum Gasteiger partial charge on any atom is 0.251 e. The van der Waals surface area contributed by atoms with Gasteiger partial charge >= 0.3 is 0 Å². The van der Waals surface area contributed by atoms with Crippen LogP contribution in [0.2, 0.25) is 5.02 Å². The monoisotopic (exact) mass is 356 g/mol. The Hall–Kier alpha value is -1.50. The molecule has 0 aromatic heterocycles. The van der Waals surface area contributed by atoms with Crippen molar-refractivity contribution in [1.82, 2.24) is 10.2 Å². The molecule has 1 heterocycles. The zero-order chi connectivity index (χ0) is 17.5.